The molecule has 0 saturated carbocycles. The third-order valence-corrected chi connectivity index (χ3v) is 2.30. The fraction of sp³-hybridized carbons (Fsp3) is 0.400. The molecule has 0 aromatic carbocycles. The maximum Gasteiger partial charge on any atom is 0.334 e. The molecule has 1 unspecified atom stereocenters. The van der Waals surface area contributed by atoms with Crippen molar-refractivity contribution in [1.29, 1.82) is 0 Å². The van der Waals surface area contributed by atoms with E-state index in [1.165, 1.54) is 0 Å². The summed E-state index contributed by atoms with van der Waals surface area (Å²) in [5.41, 5.74) is -1.76. The van der Waals surface area contributed by atoms with Gasteiger partial charge in [0.2, 0.25) is 0 Å². The number of carbonyl (C=O) groups excluding carboxylic acids is 1. The lowest BCUT2D eigenvalue weighted by molar-refractivity contribution is -0.305. The highest BCUT2D eigenvalue weighted by Gasteiger charge is 2.28. The van der Waals surface area contributed by atoms with Crippen molar-refractivity contribution in [3.63, 3.8) is 0 Å². The number of aliphatic carboxylic acids is 1. The summed E-state index contributed by atoms with van der Waals surface area (Å²) < 4.78 is 10.4. The quantitative estimate of drug-likeness (QED) is 0.419. The van der Waals surface area contributed by atoms with Crippen molar-refractivity contribution in [1.82, 2.24) is 0 Å². The lowest BCUT2D eigenvalue weighted by Crippen LogP contribution is -2.35. The van der Waals surface area contributed by atoms with Gasteiger partial charge in [-0.1, -0.05) is 6.08 Å². The van der Waals surface area contributed by atoms with Crippen LogP contribution in [0.2, 0.25) is 0 Å². The van der Waals surface area contributed by atoms with Crippen LogP contribution in [0, 0.1) is 0 Å². The Labute approximate surface area is 63.5 Å². The second-order valence-electron chi connectivity index (χ2n) is 1.95. The van der Waals surface area contributed by atoms with Crippen molar-refractivity contribution in [3.05, 3.63) is 12.7 Å². The third-order valence-electron chi connectivity index (χ3n) is 1.07. The van der Waals surface area contributed by atoms with Crippen molar-refractivity contribution in [2.24, 2.45) is 0 Å². The molecule has 0 rings (SSSR count). The summed E-state index contributed by atoms with van der Waals surface area (Å²) in [6.45, 7) is 3.16. The Balaban J connectivity index is 4.47. The van der Waals surface area contributed by atoms with Crippen LogP contribution in [-0.4, -0.2) is 21.4 Å². The first kappa shape index (κ1) is 10.4. The molecule has 0 bridgehead atoms. The second kappa shape index (κ2) is 3.67. The number of carboxylic acid groups (broad SMARTS) is 1. The molecule has 1 atom stereocenters. The molecule has 0 aliphatic carbocycles. The van der Waals surface area contributed by atoms with Crippen LogP contribution in [0.1, 0.15) is 6.42 Å². The first-order valence-electron chi connectivity index (χ1n) is 2.76. The first-order valence-corrected chi connectivity index (χ1v) is 4.44. The van der Waals surface area contributed by atoms with Crippen LogP contribution in [0.15, 0.2) is 12.7 Å². The average Bonchev–Trinajstić information content (AvgIpc) is 1.79. The van der Waals surface area contributed by atoms with Crippen LogP contribution < -0.4 is 5.11 Å². The zero-order valence-corrected chi connectivity index (χ0v) is 6.53. The molecule has 0 fully saturated rings. The van der Waals surface area contributed by atoms with Crippen LogP contribution in [0.5, 0.6) is 0 Å². The molecule has 2 N–H and O–H groups in total. The highest BCUT2D eigenvalue weighted by Crippen LogP contribution is 2.42. The number of rotatable bonds is 4. The van der Waals surface area contributed by atoms with E-state index in [-0.39, 0.29) is 6.42 Å². The molecule has 11 heavy (non-hydrogen) atoms. The Kier molecular flexibility index (Phi) is 3.45. The zero-order chi connectivity index (χ0) is 9.07. The molecule has 0 aliphatic rings. The van der Waals surface area contributed by atoms with Gasteiger partial charge in [-0.05, 0) is 6.42 Å². The van der Waals surface area contributed by atoms with E-state index in [4.69, 9.17) is 9.79 Å². The Hall–Kier alpha value is -0.640. The SMILES string of the molecule is C=CCC(C(=O)[O-])P(=O)(O)O. The fourth-order valence-corrected chi connectivity index (χ4v) is 1.23. The third kappa shape index (κ3) is 3.32. The molecule has 0 amide bonds. The van der Waals surface area contributed by atoms with E-state index in [0.717, 1.165) is 6.08 Å². The smallest absolute Gasteiger partial charge is 0.334 e. The minimum Gasteiger partial charge on any atom is -0.549 e. The van der Waals surface area contributed by atoms with Gasteiger partial charge in [0.05, 0.1) is 5.97 Å². The van der Waals surface area contributed by atoms with E-state index >= 15 is 0 Å². The number of allylic oxidation sites excluding steroid dienone is 1. The molecule has 6 heteroatoms. The molecule has 0 aliphatic heterocycles. The fourth-order valence-electron chi connectivity index (χ4n) is 0.529. The van der Waals surface area contributed by atoms with Crippen molar-refractivity contribution < 1.29 is 24.3 Å². The normalized spacial score (nSPS) is 14.0. The molecule has 5 nitrogen and oxygen atoms in total. The van der Waals surface area contributed by atoms with Crippen molar-refractivity contribution in [2.45, 2.75) is 12.1 Å². The topological polar surface area (TPSA) is 97.7 Å². The van der Waals surface area contributed by atoms with E-state index in [1.54, 1.807) is 0 Å². The highest BCUT2D eigenvalue weighted by atomic mass is 31.2. The van der Waals surface area contributed by atoms with Gasteiger partial charge < -0.3 is 19.7 Å². The van der Waals surface area contributed by atoms with Gasteiger partial charge in [0.15, 0.2) is 0 Å². The Morgan fingerprint density at radius 2 is 2.18 bits per heavy atom. The van der Waals surface area contributed by atoms with Gasteiger partial charge in [0.1, 0.15) is 5.66 Å². The molecule has 0 spiro atoms. The van der Waals surface area contributed by atoms with Crippen molar-refractivity contribution in [3.8, 4) is 0 Å². The summed E-state index contributed by atoms with van der Waals surface area (Å²) >= 11 is 0. The van der Waals surface area contributed by atoms with Gasteiger partial charge in [-0.25, -0.2) is 0 Å². The first-order chi connectivity index (χ1) is 4.89. The zero-order valence-electron chi connectivity index (χ0n) is 5.64. The maximum atomic E-state index is 10.4. The summed E-state index contributed by atoms with van der Waals surface area (Å²) in [6, 6.07) is 0. The Morgan fingerprint density at radius 1 is 1.73 bits per heavy atom. The summed E-state index contributed by atoms with van der Waals surface area (Å²) in [5, 5.41) is 10.1. The highest BCUT2D eigenvalue weighted by molar-refractivity contribution is 7.53. The van der Waals surface area contributed by atoms with Crippen LogP contribution in [-0.2, 0) is 9.36 Å². The largest absolute Gasteiger partial charge is 0.549 e. The van der Waals surface area contributed by atoms with E-state index < -0.39 is 19.2 Å². The Morgan fingerprint density at radius 3 is 2.27 bits per heavy atom. The monoisotopic (exact) mass is 179 g/mol. The molecule has 0 radical (unpaired) electrons. The van der Waals surface area contributed by atoms with Crippen LogP contribution in [0.3, 0.4) is 0 Å². The molecular formula is C5H8O5P-. The summed E-state index contributed by atoms with van der Waals surface area (Å²) in [5.74, 6) is -1.75. The predicted octanol–water partition coefficient (Wildman–Crippen LogP) is -1.14. The van der Waals surface area contributed by atoms with Gasteiger partial charge in [0.25, 0.3) is 0 Å². The summed E-state index contributed by atoms with van der Waals surface area (Å²) in [7, 11) is -4.58. The molecule has 64 valence electrons. The van der Waals surface area contributed by atoms with Crippen LogP contribution in [0.25, 0.3) is 0 Å². The lowest BCUT2D eigenvalue weighted by Gasteiger charge is -2.16. The number of hydrogen-bond donors (Lipinski definition) is 2. The standard InChI is InChI=1S/C5H9O5P/c1-2-3-4(5(6)7)11(8,9)10/h2,4H,1,3H2,(H,6,7)(H2,8,9,10)/p-1. The summed E-state index contributed by atoms with van der Waals surface area (Å²) in [4.78, 5) is 26.9. The molecule has 0 aromatic heterocycles. The van der Waals surface area contributed by atoms with E-state index in [2.05, 4.69) is 6.58 Å². The van der Waals surface area contributed by atoms with Crippen molar-refractivity contribution >= 4 is 13.6 Å². The van der Waals surface area contributed by atoms with Gasteiger partial charge in [0, 0.05) is 0 Å². The summed E-state index contributed by atoms with van der Waals surface area (Å²) in [6.07, 6.45) is 0.839. The van der Waals surface area contributed by atoms with E-state index in [9.17, 15) is 14.5 Å². The van der Waals surface area contributed by atoms with Crippen LogP contribution >= 0.6 is 7.60 Å². The van der Waals surface area contributed by atoms with Gasteiger partial charge in [-0.3, -0.25) is 4.57 Å². The minimum atomic E-state index is -4.58. The molecule has 0 heterocycles. The second-order valence-corrected chi connectivity index (χ2v) is 3.75. The number of carboxylic acids is 1. The van der Waals surface area contributed by atoms with Gasteiger partial charge in [-0.15, -0.1) is 6.58 Å². The minimum absolute atomic E-state index is 0.285. The lowest BCUT2D eigenvalue weighted by atomic mass is 10.3. The van der Waals surface area contributed by atoms with Crippen LogP contribution in [0.4, 0.5) is 0 Å². The van der Waals surface area contributed by atoms with E-state index in [1.807, 2.05) is 0 Å². The number of hydrogen-bond acceptors (Lipinski definition) is 3. The molecule has 0 aromatic rings. The number of carbonyl (C=O) groups is 1. The molecule has 0 saturated heterocycles. The van der Waals surface area contributed by atoms with Crippen molar-refractivity contribution in [2.75, 3.05) is 0 Å². The van der Waals surface area contributed by atoms with Gasteiger partial charge >= 0.3 is 7.60 Å². The predicted molar refractivity (Wildman–Crippen MR) is 35.7 cm³/mol. The average molecular weight is 179 g/mol. The maximum absolute atomic E-state index is 10.4. The Bertz CT molecular complexity index is 205. The molecular weight excluding hydrogens is 171 g/mol. The van der Waals surface area contributed by atoms with Gasteiger partial charge in [-0.2, -0.15) is 0 Å². The van der Waals surface area contributed by atoms with E-state index in [0.29, 0.717) is 0 Å².